The van der Waals surface area contributed by atoms with E-state index < -0.39 is 58.5 Å². The molecule has 6 atom stereocenters. The van der Waals surface area contributed by atoms with Crippen molar-refractivity contribution in [1.29, 1.82) is 0 Å². The van der Waals surface area contributed by atoms with E-state index in [1.807, 2.05) is 0 Å². The van der Waals surface area contributed by atoms with Gasteiger partial charge >= 0.3 is 16.1 Å². The maximum absolute atomic E-state index is 13.9. The van der Waals surface area contributed by atoms with Gasteiger partial charge in [0.2, 0.25) is 5.95 Å². The number of phosphoric acid groups is 1. The van der Waals surface area contributed by atoms with Crippen molar-refractivity contribution in [3.05, 3.63) is 16.7 Å². The molecule has 2 aromatic rings. The quantitative estimate of drug-likeness (QED) is 0.261. The highest BCUT2D eigenvalue weighted by Crippen LogP contribution is 2.53. The number of imidazole rings is 1. The SMILES string of the molecule is CC1(O)C(n2cnc3c(=O)[nH]c(N)nc32)OC(CF)(COP(=O)(O)O[P+](=O)O)C1O. The summed E-state index contributed by atoms with van der Waals surface area (Å²) >= 11 is 0. The predicted molar refractivity (Wildman–Crippen MR) is 94.7 cm³/mol. The molecule has 0 amide bonds. The highest BCUT2D eigenvalue weighted by Gasteiger charge is 2.63. The summed E-state index contributed by atoms with van der Waals surface area (Å²) < 4.78 is 50.9. The normalized spacial score (nSPS) is 31.7. The molecule has 166 valence electrons. The average molecular weight is 472 g/mol. The Morgan fingerprint density at radius 1 is 1.57 bits per heavy atom. The number of alkyl halides is 1. The van der Waals surface area contributed by atoms with Crippen molar-refractivity contribution in [2.45, 2.75) is 30.5 Å². The van der Waals surface area contributed by atoms with Gasteiger partial charge in [-0.15, -0.1) is 4.89 Å². The summed E-state index contributed by atoms with van der Waals surface area (Å²) in [5.41, 5.74) is -0.190. The highest BCUT2D eigenvalue weighted by atomic mass is 31.2. The Morgan fingerprint density at radius 3 is 2.83 bits per heavy atom. The summed E-state index contributed by atoms with van der Waals surface area (Å²) in [5, 5.41) is 21.3. The van der Waals surface area contributed by atoms with Gasteiger partial charge in [0.15, 0.2) is 23.0 Å². The molecule has 0 radical (unpaired) electrons. The van der Waals surface area contributed by atoms with E-state index in [1.165, 1.54) is 0 Å². The van der Waals surface area contributed by atoms with E-state index in [0.29, 0.717) is 0 Å². The molecule has 1 aliphatic heterocycles. The lowest BCUT2D eigenvalue weighted by Crippen LogP contribution is -2.53. The van der Waals surface area contributed by atoms with Crippen molar-refractivity contribution in [2.24, 2.45) is 0 Å². The molecule has 30 heavy (non-hydrogen) atoms. The molecule has 3 heterocycles. The third kappa shape index (κ3) is 3.89. The minimum Gasteiger partial charge on any atom is -0.387 e. The van der Waals surface area contributed by atoms with Crippen molar-refractivity contribution in [3.8, 4) is 0 Å². The number of aliphatic hydroxyl groups excluding tert-OH is 1. The molecule has 15 nitrogen and oxygen atoms in total. The fraction of sp³-hybridized carbons (Fsp3) is 0.583. The molecule has 1 aliphatic rings. The molecule has 1 saturated heterocycles. The number of aromatic nitrogens is 4. The molecule has 1 fully saturated rings. The molecule has 0 spiro atoms. The summed E-state index contributed by atoms with van der Waals surface area (Å²) in [6.45, 7) is -1.60. The fourth-order valence-electron chi connectivity index (χ4n) is 3.09. The number of phosphoric ester groups is 1. The molecule has 0 aromatic carbocycles. The second-order valence-electron chi connectivity index (χ2n) is 6.63. The van der Waals surface area contributed by atoms with Gasteiger partial charge in [-0.1, -0.05) is 0 Å². The van der Waals surface area contributed by atoms with Crippen LogP contribution in [0.1, 0.15) is 13.2 Å². The van der Waals surface area contributed by atoms with Gasteiger partial charge in [0.1, 0.15) is 18.4 Å². The third-order valence-electron chi connectivity index (χ3n) is 4.47. The van der Waals surface area contributed by atoms with Gasteiger partial charge in [-0.05, 0) is 11.2 Å². The van der Waals surface area contributed by atoms with Crippen LogP contribution in [-0.2, 0) is 22.7 Å². The highest BCUT2D eigenvalue weighted by molar-refractivity contribution is 7.55. The van der Waals surface area contributed by atoms with Gasteiger partial charge in [-0.25, -0.2) is 13.9 Å². The number of nitrogens with two attached hydrogens (primary N) is 1. The Bertz CT molecular complexity index is 1090. The second kappa shape index (κ2) is 7.67. The third-order valence-corrected chi connectivity index (χ3v) is 6.31. The van der Waals surface area contributed by atoms with Crippen LogP contribution in [0, 0.1) is 0 Å². The molecule has 18 heteroatoms. The first-order chi connectivity index (χ1) is 13.8. The van der Waals surface area contributed by atoms with Crippen molar-refractivity contribution in [1.82, 2.24) is 19.5 Å². The van der Waals surface area contributed by atoms with E-state index in [1.54, 1.807) is 0 Å². The number of aliphatic hydroxyl groups is 2. The van der Waals surface area contributed by atoms with Crippen molar-refractivity contribution < 1.29 is 47.1 Å². The summed E-state index contributed by atoms with van der Waals surface area (Å²) in [6.07, 6.45) is -2.61. The Hall–Kier alpha value is -1.87. The van der Waals surface area contributed by atoms with Crippen LogP contribution >= 0.6 is 16.1 Å². The average Bonchev–Trinajstić information content (AvgIpc) is 3.11. The number of hydrogen-bond donors (Lipinski definition) is 6. The first kappa shape index (κ1) is 22.8. The lowest BCUT2D eigenvalue weighted by Gasteiger charge is -2.30. The van der Waals surface area contributed by atoms with Gasteiger partial charge in [0.05, 0.1) is 12.9 Å². The number of aromatic amines is 1. The summed E-state index contributed by atoms with van der Waals surface area (Å²) in [6, 6.07) is 0. The topological polar surface area (TPSA) is 232 Å². The number of rotatable bonds is 7. The van der Waals surface area contributed by atoms with E-state index in [2.05, 4.69) is 23.8 Å². The number of halogens is 1. The van der Waals surface area contributed by atoms with Crippen LogP contribution in [0.4, 0.5) is 10.3 Å². The molecule has 6 unspecified atom stereocenters. The van der Waals surface area contributed by atoms with E-state index in [0.717, 1.165) is 17.8 Å². The maximum atomic E-state index is 13.9. The molecule has 7 N–H and O–H groups in total. The number of hydrogen-bond acceptors (Lipinski definition) is 11. The number of nitrogens with zero attached hydrogens (tertiary/aromatic N) is 3. The molecular weight excluding hydrogens is 455 g/mol. The smallest absolute Gasteiger partial charge is 0.387 e. The monoisotopic (exact) mass is 472 g/mol. The summed E-state index contributed by atoms with van der Waals surface area (Å²) in [7, 11) is -8.65. The zero-order chi connectivity index (χ0) is 22.5. The van der Waals surface area contributed by atoms with Gasteiger partial charge in [-0.2, -0.15) is 4.98 Å². The largest absolute Gasteiger partial charge is 0.705 e. The van der Waals surface area contributed by atoms with E-state index in [4.69, 9.17) is 15.4 Å². The van der Waals surface area contributed by atoms with Gasteiger partial charge in [0.25, 0.3) is 5.56 Å². The van der Waals surface area contributed by atoms with E-state index in [-0.39, 0.29) is 17.1 Å². The maximum Gasteiger partial charge on any atom is 0.705 e. The van der Waals surface area contributed by atoms with E-state index in [9.17, 15) is 33.4 Å². The summed E-state index contributed by atoms with van der Waals surface area (Å²) in [4.78, 5) is 39.8. The van der Waals surface area contributed by atoms with Gasteiger partial charge < -0.3 is 20.7 Å². The van der Waals surface area contributed by atoms with E-state index >= 15 is 0 Å². The van der Waals surface area contributed by atoms with Gasteiger partial charge in [0, 0.05) is 4.57 Å². The van der Waals surface area contributed by atoms with Crippen LogP contribution in [0.2, 0.25) is 0 Å². The zero-order valence-electron chi connectivity index (χ0n) is 15.1. The first-order valence-electron chi connectivity index (χ1n) is 8.03. The number of nitrogen functional groups attached to an aromatic ring is 1. The number of ether oxygens (including phenoxy) is 1. The van der Waals surface area contributed by atoms with Crippen LogP contribution in [0.15, 0.2) is 11.1 Å². The number of H-pyrrole nitrogens is 1. The number of fused-ring (bicyclic) bond motifs is 1. The molecular formula is C12H17FN5O10P2+. The minimum atomic E-state index is -5.12. The van der Waals surface area contributed by atoms with Crippen molar-refractivity contribution >= 4 is 33.2 Å². The zero-order valence-corrected chi connectivity index (χ0v) is 16.9. The summed E-state index contributed by atoms with van der Waals surface area (Å²) in [5.74, 6) is -0.288. The number of anilines is 1. The fourth-order valence-corrected chi connectivity index (χ4v) is 4.36. The minimum absolute atomic E-state index is 0.155. The second-order valence-corrected chi connectivity index (χ2v) is 8.96. The van der Waals surface area contributed by atoms with Gasteiger partial charge in [-0.3, -0.25) is 23.8 Å². The predicted octanol–water partition coefficient (Wildman–Crippen LogP) is -1.17. The lowest BCUT2D eigenvalue weighted by molar-refractivity contribution is -0.135. The number of nitrogens with one attached hydrogen (secondary N) is 1. The molecule has 0 aliphatic carbocycles. The first-order valence-corrected chi connectivity index (χ1v) is 10.7. The van der Waals surface area contributed by atoms with Crippen LogP contribution in [0.5, 0.6) is 0 Å². The Kier molecular flexibility index (Phi) is 5.83. The molecule has 0 saturated carbocycles. The van der Waals surface area contributed by atoms with Crippen LogP contribution < -0.4 is 11.3 Å². The Morgan fingerprint density at radius 2 is 2.23 bits per heavy atom. The Balaban J connectivity index is 1.98. The van der Waals surface area contributed by atoms with Crippen molar-refractivity contribution in [2.75, 3.05) is 19.0 Å². The van der Waals surface area contributed by atoms with Crippen LogP contribution in [0.3, 0.4) is 0 Å². The van der Waals surface area contributed by atoms with Crippen molar-refractivity contribution in [3.63, 3.8) is 0 Å². The molecule has 3 rings (SSSR count). The molecule has 0 bridgehead atoms. The standard InChI is InChI=1S/C12H16FN5O10P2/c1-11(21)8(20)12(2-13,3-26-30(24,25)28-29(22)23)27-9(11)18-4-15-5-6(18)16-10(14)17-7(5)19/h4,8-9,20-21H,2-3H2,1H3,(H4-,14,16,17,19,22,23,24,25)/p+1. The van der Waals surface area contributed by atoms with Crippen LogP contribution in [0.25, 0.3) is 11.2 Å². The Labute approximate surface area is 166 Å². The molecule has 2 aromatic heterocycles. The lowest BCUT2D eigenvalue weighted by atomic mass is 9.88. The van der Waals surface area contributed by atoms with Crippen LogP contribution in [-0.4, -0.2) is 70.1 Å².